The minimum Gasteiger partial charge on any atom is -0.458 e. The zero-order chi connectivity index (χ0) is 43.1. The fraction of sp³-hybridized carbons (Fsp3) is 0.591. The van der Waals surface area contributed by atoms with E-state index in [2.05, 4.69) is 23.9 Å². The van der Waals surface area contributed by atoms with E-state index in [-0.39, 0.29) is 32.5 Å². The summed E-state index contributed by atoms with van der Waals surface area (Å²) in [5.74, 6) is -3.76. The topological polar surface area (TPSA) is 153 Å². The Bertz CT molecular complexity index is 1820. The predicted octanol–water partition coefficient (Wildman–Crippen LogP) is 5.42. The first-order chi connectivity index (χ1) is 28.7. The largest absolute Gasteiger partial charge is 0.458 e. The summed E-state index contributed by atoms with van der Waals surface area (Å²) in [5.41, 5.74) is 0.388. The molecule has 0 radical (unpaired) electrons. The Labute approximate surface area is 348 Å². The number of hydroxylamine groups is 2. The molecule has 0 aromatic heterocycles. The van der Waals surface area contributed by atoms with E-state index in [4.69, 9.17) is 19.0 Å². The number of hydrogen-bond acceptors (Lipinski definition) is 11. The molecule has 3 aliphatic heterocycles. The summed E-state index contributed by atoms with van der Waals surface area (Å²) in [6.45, 7) is 2.24. The molecule has 16 heteroatoms. The molecule has 4 aliphatic rings. The zero-order valence-electron chi connectivity index (χ0n) is 34.4. The van der Waals surface area contributed by atoms with Crippen molar-refractivity contribution in [2.75, 3.05) is 26.8 Å². The summed E-state index contributed by atoms with van der Waals surface area (Å²) in [5, 5.41) is 13.7. The van der Waals surface area contributed by atoms with Crippen LogP contribution in [-0.4, -0.2) is 114 Å². The van der Waals surface area contributed by atoms with Crippen LogP contribution in [0.1, 0.15) is 88.3 Å². The molecule has 2 N–H and O–H groups in total. The van der Waals surface area contributed by atoms with Crippen molar-refractivity contribution in [1.29, 1.82) is 0 Å². The molecule has 2 aromatic rings. The van der Waals surface area contributed by atoms with Gasteiger partial charge in [-0.1, -0.05) is 94.1 Å². The molecule has 60 heavy (non-hydrogen) atoms. The molecule has 7 atom stereocenters. The number of carbonyl (C=O) groups excluding carboxylic acids is 4. The third-order valence-electron chi connectivity index (χ3n) is 11.9. The fourth-order valence-corrected chi connectivity index (χ4v) is 8.97. The van der Waals surface area contributed by atoms with Gasteiger partial charge in [-0.25, -0.2) is 4.79 Å². The van der Waals surface area contributed by atoms with E-state index in [0.717, 1.165) is 50.2 Å². The van der Waals surface area contributed by atoms with Crippen LogP contribution in [0.15, 0.2) is 60.7 Å². The lowest BCUT2D eigenvalue weighted by Crippen LogP contribution is -2.70. The van der Waals surface area contributed by atoms with E-state index in [9.17, 15) is 32.7 Å². The van der Waals surface area contributed by atoms with Crippen molar-refractivity contribution in [2.45, 2.75) is 133 Å². The Balaban J connectivity index is 1.34. The number of aliphatic hydroxyl groups excluding tert-OH is 1. The van der Waals surface area contributed by atoms with Crippen LogP contribution in [0.3, 0.4) is 0 Å². The minimum absolute atomic E-state index is 0.0120. The number of benzene rings is 2. The summed E-state index contributed by atoms with van der Waals surface area (Å²) in [7, 11) is 1.55. The number of likely N-dealkylation sites (N-methyl/N-ethyl adjacent to an activating group) is 1. The quantitative estimate of drug-likeness (QED) is 0.0999. The Morgan fingerprint density at radius 1 is 0.983 bits per heavy atom. The average molecular weight is 844 g/mol. The monoisotopic (exact) mass is 843 g/mol. The molecule has 1 saturated carbocycles. The van der Waals surface area contributed by atoms with Gasteiger partial charge in [-0.2, -0.15) is 18.2 Å². The number of alkyl halides is 3. The Morgan fingerprint density at radius 2 is 1.65 bits per heavy atom. The molecule has 4 fully saturated rings. The number of esters is 2. The van der Waals surface area contributed by atoms with Crippen molar-refractivity contribution >= 4 is 29.8 Å². The van der Waals surface area contributed by atoms with Crippen LogP contribution in [-0.2, 0) is 55.9 Å². The van der Waals surface area contributed by atoms with Crippen molar-refractivity contribution in [2.24, 2.45) is 5.41 Å². The van der Waals surface area contributed by atoms with E-state index in [0.29, 0.717) is 24.0 Å². The molecule has 13 nitrogen and oxygen atoms in total. The van der Waals surface area contributed by atoms with Crippen LogP contribution in [0.2, 0.25) is 0 Å². The van der Waals surface area contributed by atoms with Crippen LogP contribution in [0.5, 0.6) is 0 Å². The maximum Gasteiger partial charge on any atom is 0.422 e. The Morgan fingerprint density at radius 3 is 2.28 bits per heavy atom. The van der Waals surface area contributed by atoms with Crippen LogP contribution in [0.25, 0.3) is 6.08 Å². The van der Waals surface area contributed by atoms with Crippen molar-refractivity contribution in [3.8, 4) is 0 Å². The number of ether oxygens (including phenoxy) is 4. The van der Waals surface area contributed by atoms with Crippen molar-refractivity contribution < 1.29 is 61.2 Å². The second-order valence-electron chi connectivity index (χ2n) is 16.1. The third-order valence-corrected chi connectivity index (χ3v) is 11.9. The minimum atomic E-state index is -4.65. The number of nitrogens with one attached hydrogen (secondary N) is 1. The smallest absolute Gasteiger partial charge is 0.422 e. The molecule has 3 heterocycles. The molecule has 328 valence electrons. The number of rotatable bonds is 20. The number of amides is 2. The molecule has 3 saturated heterocycles. The number of halogens is 3. The Kier molecular flexibility index (Phi) is 14.7. The maximum absolute atomic E-state index is 15.5. The zero-order valence-corrected chi connectivity index (χ0v) is 34.4. The van der Waals surface area contributed by atoms with Crippen molar-refractivity contribution in [3.05, 3.63) is 77.4 Å². The molecule has 2 amide bonds. The van der Waals surface area contributed by atoms with Crippen LogP contribution < -0.4 is 5.32 Å². The summed E-state index contributed by atoms with van der Waals surface area (Å²) in [6.07, 6.45) is 1.29. The third kappa shape index (κ3) is 10.0. The number of carbonyl (C=O) groups is 4. The van der Waals surface area contributed by atoms with Gasteiger partial charge in [0.1, 0.15) is 35.9 Å². The van der Waals surface area contributed by atoms with Gasteiger partial charge in [-0.15, -0.1) is 0 Å². The second kappa shape index (κ2) is 19.6. The molecule has 2 aromatic carbocycles. The van der Waals surface area contributed by atoms with Gasteiger partial charge in [0, 0.05) is 45.4 Å². The van der Waals surface area contributed by atoms with Gasteiger partial charge < -0.3 is 34.3 Å². The lowest BCUT2D eigenvalue weighted by Gasteiger charge is -2.50. The normalized spacial score (nSPS) is 26.1. The lowest BCUT2D eigenvalue weighted by atomic mass is 9.62. The summed E-state index contributed by atoms with van der Waals surface area (Å²) in [6, 6.07) is 13.7. The van der Waals surface area contributed by atoms with Gasteiger partial charge in [0.15, 0.2) is 18.4 Å². The Hall–Kier alpha value is -4.35. The summed E-state index contributed by atoms with van der Waals surface area (Å²) in [4.78, 5) is 63.6. The first kappa shape index (κ1) is 45.2. The van der Waals surface area contributed by atoms with Crippen LogP contribution >= 0.6 is 0 Å². The number of unbranched alkanes of at least 4 members (excludes halogenated alkanes) is 4. The molecular formula is C44H56F3N3O10. The maximum atomic E-state index is 15.5. The van der Waals surface area contributed by atoms with Crippen LogP contribution in [0, 0.1) is 5.41 Å². The van der Waals surface area contributed by atoms with Gasteiger partial charge in [-0.3, -0.25) is 19.2 Å². The van der Waals surface area contributed by atoms with E-state index in [1.54, 1.807) is 31.3 Å². The summed E-state index contributed by atoms with van der Waals surface area (Å²) < 4.78 is 61.7. The van der Waals surface area contributed by atoms with Gasteiger partial charge in [0.05, 0.1) is 13.2 Å². The van der Waals surface area contributed by atoms with E-state index in [1.165, 1.54) is 16.0 Å². The molecular weight excluding hydrogens is 787 g/mol. The molecule has 6 rings (SSSR count). The first-order valence-electron chi connectivity index (χ1n) is 20.9. The fourth-order valence-electron chi connectivity index (χ4n) is 8.97. The predicted molar refractivity (Wildman–Crippen MR) is 211 cm³/mol. The molecule has 2 bridgehead atoms. The number of aliphatic hydroxyl groups is 1. The number of hydrogen-bond donors (Lipinski definition) is 2. The lowest BCUT2D eigenvalue weighted by molar-refractivity contribution is -0.225. The first-order valence-corrected chi connectivity index (χ1v) is 20.9. The highest BCUT2D eigenvalue weighted by Crippen LogP contribution is 2.58. The molecule has 1 aliphatic carbocycles. The van der Waals surface area contributed by atoms with E-state index in [1.807, 2.05) is 30.3 Å². The number of fused-ring (bicyclic) bond motifs is 4. The molecule has 0 spiro atoms. The summed E-state index contributed by atoms with van der Waals surface area (Å²) >= 11 is 0. The van der Waals surface area contributed by atoms with Crippen LogP contribution in [0.4, 0.5) is 13.2 Å². The van der Waals surface area contributed by atoms with Gasteiger partial charge in [0.2, 0.25) is 11.8 Å². The van der Waals surface area contributed by atoms with Crippen molar-refractivity contribution in [3.63, 3.8) is 0 Å². The average Bonchev–Trinajstić information content (AvgIpc) is 3.79. The highest BCUT2D eigenvalue weighted by Gasteiger charge is 2.76. The second-order valence-corrected chi connectivity index (χ2v) is 16.1. The SMILES string of the molecule is CCCCCC1(CCCCC)O[C@@H]2[C@H](O1)[C@H]1ON(Cc3ccc(C=CC(=O)OCC(F)(F)F)cc3)[C@H]3C(=O)O[C@@H]2C[C@@]13C(=O)N(C)[C@H](Cc1ccccc1)C(=O)NCCO. The standard InChI is InChI=1S/C44H56F3N3O10/c1-4-6-11-21-42(22-12-7-5-2)58-35-33-26-43(41(55)49(3)32(39(53)48-23-24-51)25-30-13-9-8-10-14-30)37(40(54)57-33)50(60-38(43)36(35)59-42)27-31-17-15-29(16-18-31)19-20-34(52)56-28-44(45,46)47/h8-10,13-20,32-33,35-38,51H,4-7,11-12,21-28H2,1-3H3,(H,48,53)/t32-,33-,35+,36+,37+,38-,43+/m1/s1. The van der Waals surface area contributed by atoms with Crippen molar-refractivity contribution in [1.82, 2.24) is 15.3 Å². The van der Waals surface area contributed by atoms with Gasteiger partial charge in [-0.05, 0) is 35.6 Å². The highest BCUT2D eigenvalue weighted by atomic mass is 19.4. The van der Waals surface area contributed by atoms with Gasteiger partial charge in [0.25, 0.3) is 0 Å². The van der Waals surface area contributed by atoms with Gasteiger partial charge >= 0.3 is 18.1 Å². The van der Waals surface area contributed by atoms with E-state index < -0.39 is 84.2 Å². The number of nitrogens with zero attached hydrogens (tertiary/aromatic N) is 2. The van der Waals surface area contributed by atoms with E-state index >= 15 is 4.79 Å². The molecule has 0 unspecified atom stereocenters. The highest BCUT2D eigenvalue weighted by molar-refractivity contribution is 5.96.